The SMILES string of the molecule is CN1CCN(C(=O)[C@@H](Cc2ccccc2)N(C)C(=O)[C@@H](Cc2ccc3ccccc3c2)N(C)C(=O)/C=C/CC(C)(C)N)CC1. The second-order valence-electron chi connectivity index (χ2n) is 12.7. The summed E-state index contributed by atoms with van der Waals surface area (Å²) in [6.45, 7) is 6.60. The topological polar surface area (TPSA) is 90.2 Å². The van der Waals surface area contributed by atoms with Crippen molar-refractivity contribution < 1.29 is 14.4 Å². The Morgan fingerprint density at radius 1 is 0.818 bits per heavy atom. The van der Waals surface area contributed by atoms with Crippen LogP contribution in [0.3, 0.4) is 0 Å². The third-order valence-electron chi connectivity index (χ3n) is 8.43. The Morgan fingerprint density at radius 3 is 2.09 bits per heavy atom. The Labute approximate surface area is 262 Å². The minimum absolute atomic E-state index is 0.0682. The van der Waals surface area contributed by atoms with E-state index in [0.29, 0.717) is 32.4 Å². The Bertz CT molecular complexity index is 1460. The second kappa shape index (κ2) is 14.6. The van der Waals surface area contributed by atoms with Gasteiger partial charge in [0.2, 0.25) is 17.7 Å². The fourth-order valence-electron chi connectivity index (χ4n) is 5.57. The maximum Gasteiger partial charge on any atom is 0.246 e. The molecule has 44 heavy (non-hydrogen) atoms. The molecular formula is C36H47N5O3. The monoisotopic (exact) mass is 597 g/mol. The van der Waals surface area contributed by atoms with E-state index >= 15 is 0 Å². The van der Waals surface area contributed by atoms with Crippen molar-refractivity contribution in [1.29, 1.82) is 0 Å². The number of piperazine rings is 1. The molecule has 0 aliphatic carbocycles. The number of nitrogens with zero attached hydrogens (tertiary/aromatic N) is 4. The van der Waals surface area contributed by atoms with E-state index in [0.717, 1.165) is 35.0 Å². The van der Waals surface area contributed by atoms with E-state index < -0.39 is 17.6 Å². The van der Waals surface area contributed by atoms with Gasteiger partial charge in [0, 0.05) is 58.7 Å². The van der Waals surface area contributed by atoms with E-state index in [1.807, 2.05) is 92.5 Å². The summed E-state index contributed by atoms with van der Waals surface area (Å²) in [5, 5.41) is 2.17. The van der Waals surface area contributed by atoms with E-state index in [1.54, 1.807) is 25.1 Å². The number of hydrogen-bond donors (Lipinski definition) is 1. The van der Waals surface area contributed by atoms with Gasteiger partial charge in [-0.3, -0.25) is 14.4 Å². The zero-order valence-corrected chi connectivity index (χ0v) is 26.8. The van der Waals surface area contributed by atoms with Crippen molar-refractivity contribution in [3.8, 4) is 0 Å². The Hall–Kier alpha value is -4.01. The first-order valence-electron chi connectivity index (χ1n) is 15.4. The highest BCUT2D eigenvalue weighted by atomic mass is 16.2. The summed E-state index contributed by atoms with van der Waals surface area (Å²) in [6, 6.07) is 22.4. The van der Waals surface area contributed by atoms with Gasteiger partial charge in [-0.15, -0.1) is 0 Å². The van der Waals surface area contributed by atoms with Gasteiger partial charge >= 0.3 is 0 Å². The van der Waals surface area contributed by atoms with E-state index in [4.69, 9.17) is 5.73 Å². The molecule has 0 radical (unpaired) electrons. The van der Waals surface area contributed by atoms with Gasteiger partial charge in [0.25, 0.3) is 0 Å². The van der Waals surface area contributed by atoms with Crippen molar-refractivity contribution in [3.63, 3.8) is 0 Å². The number of fused-ring (bicyclic) bond motifs is 1. The van der Waals surface area contributed by atoms with E-state index in [2.05, 4.69) is 11.0 Å². The van der Waals surface area contributed by atoms with Crippen LogP contribution in [-0.2, 0) is 27.2 Å². The van der Waals surface area contributed by atoms with Crippen LogP contribution in [0.5, 0.6) is 0 Å². The minimum atomic E-state index is -0.817. The number of carbonyl (C=O) groups is 3. The highest BCUT2D eigenvalue weighted by Crippen LogP contribution is 2.21. The normalized spacial score (nSPS) is 15.7. The average Bonchev–Trinajstić information content (AvgIpc) is 3.01. The maximum atomic E-state index is 14.5. The molecule has 8 heteroatoms. The molecule has 0 bridgehead atoms. The predicted molar refractivity (Wildman–Crippen MR) is 177 cm³/mol. The zero-order valence-electron chi connectivity index (χ0n) is 26.8. The Morgan fingerprint density at radius 2 is 1.43 bits per heavy atom. The van der Waals surface area contributed by atoms with Gasteiger partial charge in [0.15, 0.2) is 0 Å². The van der Waals surface area contributed by atoms with Crippen LogP contribution in [0.2, 0.25) is 0 Å². The van der Waals surface area contributed by atoms with Crippen LogP contribution in [0.25, 0.3) is 10.8 Å². The van der Waals surface area contributed by atoms with E-state index in [1.165, 1.54) is 11.0 Å². The number of benzene rings is 3. The zero-order chi connectivity index (χ0) is 31.9. The lowest BCUT2D eigenvalue weighted by atomic mass is 9.98. The molecule has 1 saturated heterocycles. The van der Waals surface area contributed by atoms with Crippen LogP contribution in [0, 0.1) is 0 Å². The fourth-order valence-corrected chi connectivity index (χ4v) is 5.57. The van der Waals surface area contributed by atoms with Gasteiger partial charge in [-0.25, -0.2) is 0 Å². The summed E-state index contributed by atoms with van der Waals surface area (Å²) in [4.78, 5) is 49.0. The molecule has 3 aromatic rings. The molecule has 0 aromatic heterocycles. The molecule has 4 rings (SSSR count). The number of nitrogens with two attached hydrogens (primary N) is 1. The first kappa shape index (κ1) is 32.9. The summed E-state index contributed by atoms with van der Waals surface area (Å²) in [7, 11) is 5.40. The van der Waals surface area contributed by atoms with Crippen molar-refractivity contribution in [1.82, 2.24) is 19.6 Å². The summed E-state index contributed by atoms with van der Waals surface area (Å²) in [6.07, 6.45) is 4.48. The molecule has 2 atom stereocenters. The molecule has 1 heterocycles. The van der Waals surface area contributed by atoms with Crippen LogP contribution >= 0.6 is 0 Å². The largest absolute Gasteiger partial charge is 0.338 e. The molecular weight excluding hydrogens is 550 g/mol. The molecule has 8 nitrogen and oxygen atoms in total. The number of hydrogen-bond acceptors (Lipinski definition) is 5. The van der Waals surface area contributed by atoms with Gasteiger partial charge in [0.05, 0.1) is 0 Å². The Kier molecular flexibility index (Phi) is 10.9. The number of carbonyl (C=O) groups excluding carboxylic acids is 3. The van der Waals surface area contributed by atoms with E-state index in [-0.39, 0.29) is 17.7 Å². The molecule has 1 aliphatic rings. The summed E-state index contributed by atoms with van der Waals surface area (Å²) >= 11 is 0. The molecule has 1 aliphatic heterocycles. The van der Waals surface area contributed by atoms with Crippen LogP contribution < -0.4 is 5.73 Å². The number of amides is 3. The van der Waals surface area contributed by atoms with Crippen molar-refractivity contribution in [2.75, 3.05) is 47.3 Å². The van der Waals surface area contributed by atoms with Gasteiger partial charge in [-0.2, -0.15) is 0 Å². The number of likely N-dealkylation sites (N-methyl/N-ethyl adjacent to an activating group) is 3. The summed E-state index contributed by atoms with van der Waals surface area (Å²) in [5.74, 6) is -0.627. The third-order valence-corrected chi connectivity index (χ3v) is 8.43. The molecule has 3 aromatic carbocycles. The minimum Gasteiger partial charge on any atom is -0.338 e. The predicted octanol–water partition coefficient (Wildman–Crippen LogP) is 3.74. The van der Waals surface area contributed by atoms with Crippen molar-refractivity contribution >= 4 is 28.5 Å². The van der Waals surface area contributed by atoms with Crippen LogP contribution in [0.15, 0.2) is 84.9 Å². The van der Waals surface area contributed by atoms with Gasteiger partial charge in [-0.05, 0) is 55.3 Å². The molecule has 2 N–H and O–H groups in total. The first-order chi connectivity index (χ1) is 20.9. The number of rotatable bonds is 11. The molecule has 0 saturated carbocycles. The highest BCUT2D eigenvalue weighted by molar-refractivity contribution is 5.95. The quantitative estimate of drug-likeness (QED) is 0.340. The molecule has 0 spiro atoms. The Balaban J connectivity index is 1.65. The highest BCUT2D eigenvalue weighted by Gasteiger charge is 2.37. The standard InChI is InChI=1S/C36H47N5O3/c1-36(2,37)19-11-16-33(42)39(4)31(26-28-17-18-29-14-9-10-15-30(29)24-28)34(43)40(5)32(25-27-12-7-6-8-13-27)35(44)41-22-20-38(3)21-23-41/h6-18,24,31-32H,19-23,25-26,37H2,1-5H3/b16-11+/t31-,32-/m1/s1. The molecule has 234 valence electrons. The smallest absolute Gasteiger partial charge is 0.246 e. The fraction of sp³-hybridized carbons (Fsp3) is 0.417. The second-order valence-corrected chi connectivity index (χ2v) is 12.7. The molecule has 3 amide bonds. The molecule has 0 unspecified atom stereocenters. The lowest BCUT2D eigenvalue weighted by molar-refractivity contribution is -0.149. The van der Waals surface area contributed by atoms with Crippen LogP contribution in [0.1, 0.15) is 31.4 Å². The van der Waals surface area contributed by atoms with Crippen LogP contribution in [-0.4, -0.2) is 102 Å². The van der Waals surface area contributed by atoms with Crippen molar-refractivity contribution in [3.05, 3.63) is 96.1 Å². The lowest BCUT2D eigenvalue weighted by Gasteiger charge is -2.39. The average molecular weight is 598 g/mol. The van der Waals surface area contributed by atoms with Gasteiger partial charge in [0.1, 0.15) is 12.1 Å². The van der Waals surface area contributed by atoms with Crippen molar-refractivity contribution in [2.24, 2.45) is 5.73 Å². The van der Waals surface area contributed by atoms with E-state index in [9.17, 15) is 14.4 Å². The maximum absolute atomic E-state index is 14.5. The molecule has 1 fully saturated rings. The van der Waals surface area contributed by atoms with Crippen LogP contribution in [0.4, 0.5) is 0 Å². The summed E-state index contributed by atoms with van der Waals surface area (Å²) in [5.41, 5.74) is 7.57. The lowest BCUT2D eigenvalue weighted by Crippen LogP contribution is -2.58. The van der Waals surface area contributed by atoms with Gasteiger partial charge < -0.3 is 25.3 Å². The third kappa shape index (κ3) is 8.77. The van der Waals surface area contributed by atoms with Crippen molar-refractivity contribution in [2.45, 2.75) is 50.7 Å². The van der Waals surface area contributed by atoms with Gasteiger partial charge in [-0.1, -0.05) is 78.9 Å². The first-order valence-corrected chi connectivity index (χ1v) is 15.4. The summed E-state index contributed by atoms with van der Waals surface area (Å²) < 4.78 is 0.